The third kappa shape index (κ3) is 4.87. The van der Waals surface area contributed by atoms with E-state index in [0.29, 0.717) is 44.9 Å². The lowest BCUT2D eigenvalue weighted by Crippen LogP contribution is -2.48. The number of hydrogen-bond donors (Lipinski definition) is 0. The summed E-state index contributed by atoms with van der Waals surface area (Å²) in [5.41, 5.74) is 4.01. The number of carbonyl (C=O) groups excluding carboxylic acids is 1. The fraction of sp³-hybridized carbons (Fsp3) is 0.462. The van der Waals surface area contributed by atoms with Crippen LogP contribution in [0.1, 0.15) is 34.3 Å². The van der Waals surface area contributed by atoms with Gasteiger partial charge < -0.3 is 14.5 Å². The number of ether oxygens (including phenoxy) is 1. The summed E-state index contributed by atoms with van der Waals surface area (Å²) < 4.78 is 34.0. The van der Waals surface area contributed by atoms with Crippen LogP contribution in [0, 0.1) is 13.8 Å². The number of rotatable bonds is 6. The van der Waals surface area contributed by atoms with Crippen LogP contribution in [0.2, 0.25) is 0 Å². The van der Waals surface area contributed by atoms with Crippen LogP contribution in [0.4, 0.5) is 5.13 Å². The maximum absolute atomic E-state index is 13.1. The van der Waals surface area contributed by atoms with Crippen molar-refractivity contribution in [1.29, 1.82) is 0 Å². The molecule has 8 nitrogen and oxygen atoms in total. The van der Waals surface area contributed by atoms with Crippen LogP contribution in [0.3, 0.4) is 0 Å². The average molecular weight is 529 g/mol. The summed E-state index contributed by atoms with van der Waals surface area (Å²) in [4.78, 5) is 22.2. The zero-order valence-electron chi connectivity index (χ0n) is 20.9. The Bertz CT molecular complexity index is 1360. The van der Waals surface area contributed by atoms with E-state index in [4.69, 9.17) is 9.72 Å². The molecular weight excluding hydrogens is 496 g/mol. The average Bonchev–Trinajstić information content (AvgIpc) is 3.56. The van der Waals surface area contributed by atoms with Crippen LogP contribution in [0.25, 0.3) is 10.2 Å². The van der Waals surface area contributed by atoms with Gasteiger partial charge in [0, 0.05) is 51.9 Å². The Balaban J connectivity index is 1.21. The molecule has 3 heterocycles. The van der Waals surface area contributed by atoms with Crippen molar-refractivity contribution in [2.75, 3.05) is 51.3 Å². The number of likely N-dealkylation sites (N-methyl/N-ethyl adjacent to an activating group) is 1. The van der Waals surface area contributed by atoms with Gasteiger partial charge in [-0.25, -0.2) is 13.4 Å². The molecule has 2 aliphatic heterocycles. The quantitative estimate of drug-likeness (QED) is 0.486. The molecule has 2 aliphatic rings. The molecule has 36 heavy (non-hydrogen) atoms. The molecule has 1 atom stereocenters. The predicted molar refractivity (Wildman–Crippen MR) is 142 cm³/mol. The Labute approximate surface area is 216 Å². The van der Waals surface area contributed by atoms with Crippen molar-refractivity contribution in [3.63, 3.8) is 0 Å². The summed E-state index contributed by atoms with van der Waals surface area (Å²) in [5, 5.41) is 0.993. The zero-order valence-corrected chi connectivity index (χ0v) is 22.6. The van der Waals surface area contributed by atoms with Gasteiger partial charge >= 0.3 is 0 Å². The van der Waals surface area contributed by atoms with Crippen LogP contribution < -0.4 is 4.90 Å². The molecule has 0 spiro atoms. The third-order valence-electron chi connectivity index (χ3n) is 7.21. The minimum absolute atomic E-state index is 0.0554. The topological polar surface area (TPSA) is 83.1 Å². The maximum Gasteiger partial charge on any atom is 0.253 e. The number of nitrogens with zero attached hydrogens (tertiary/aromatic N) is 4. The summed E-state index contributed by atoms with van der Waals surface area (Å²) in [6, 6.07) is 10.5. The number of aromatic nitrogens is 1. The van der Waals surface area contributed by atoms with Crippen molar-refractivity contribution in [3.8, 4) is 0 Å². The molecule has 0 radical (unpaired) electrons. The van der Waals surface area contributed by atoms with Crippen molar-refractivity contribution in [2.45, 2.75) is 37.7 Å². The van der Waals surface area contributed by atoms with E-state index in [9.17, 15) is 13.2 Å². The normalized spacial score (nSPS) is 18.9. The summed E-state index contributed by atoms with van der Waals surface area (Å²) in [5.74, 6) is -0.0814. The minimum atomic E-state index is -3.63. The van der Waals surface area contributed by atoms with E-state index >= 15 is 0 Å². The van der Waals surface area contributed by atoms with E-state index in [0.717, 1.165) is 23.5 Å². The van der Waals surface area contributed by atoms with Gasteiger partial charge in [-0.15, -0.1) is 0 Å². The van der Waals surface area contributed by atoms with Crippen molar-refractivity contribution < 1.29 is 17.9 Å². The van der Waals surface area contributed by atoms with Gasteiger partial charge in [0.2, 0.25) is 10.0 Å². The molecule has 0 bridgehead atoms. The van der Waals surface area contributed by atoms with Gasteiger partial charge in [-0.2, -0.15) is 4.31 Å². The molecule has 0 saturated carbocycles. The number of carbonyl (C=O) groups is 1. The van der Waals surface area contributed by atoms with Gasteiger partial charge in [-0.05, 0) is 68.1 Å². The van der Waals surface area contributed by atoms with Crippen molar-refractivity contribution in [3.05, 3.63) is 53.1 Å². The highest BCUT2D eigenvalue weighted by atomic mass is 32.2. The fourth-order valence-electron chi connectivity index (χ4n) is 4.76. The van der Waals surface area contributed by atoms with Gasteiger partial charge in [0.1, 0.15) is 0 Å². The molecule has 2 aromatic carbocycles. The Morgan fingerprint density at radius 3 is 2.50 bits per heavy atom. The second-order valence-electron chi connectivity index (χ2n) is 9.57. The lowest BCUT2D eigenvalue weighted by Gasteiger charge is -2.34. The van der Waals surface area contributed by atoms with Crippen LogP contribution in [-0.4, -0.2) is 81.0 Å². The smallest absolute Gasteiger partial charge is 0.253 e. The number of thiazole rings is 1. The molecule has 1 aromatic heterocycles. The zero-order chi connectivity index (χ0) is 25.4. The highest BCUT2D eigenvalue weighted by Gasteiger charge is 2.28. The summed E-state index contributed by atoms with van der Waals surface area (Å²) in [6.45, 7) is 7.84. The van der Waals surface area contributed by atoms with Gasteiger partial charge in [0.25, 0.3) is 5.91 Å². The number of anilines is 1. The van der Waals surface area contributed by atoms with E-state index < -0.39 is 10.0 Å². The molecule has 3 aromatic rings. The van der Waals surface area contributed by atoms with Gasteiger partial charge in [0.15, 0.2) is 5.13 Å². The van der Waals surface area contributed by atoms with E-state index in [1.165, 1.54) is 32.3 Å². The number of piperazine rings is 1. The molecule has 1 amide bonds. The number of aryl methyl sites for hydroxylation is 2. The van der Waals surface area contributed by atoms with Crippen LogP contribution >= 0.6 is 11.3 Å². The fourth-order valence-corrected chi connectivity index (χ4v) is 7.03. The lowest BCUT2D eigenvalue weighted by molar-refractivity contribution is 0.0746. The molecule has 5 rings (SSSR count). The molecule has 2 fully saturated rings. The molecular formula is C26H32N4O4S2. The molecule has 192 valence electrons. The second-order valence-corrected chi connectivity index (χ2v) is 12.6. The Hall–Kier alpha value is -2.53. The SMILES string of the molecule is Cc1ccc2sc(N3CCN(C(=O)c4ccc(S(=O)(=O)N(C)CC5CCCO5)cc4)CC3)nc2c1C. The number of amides is 1. The highest BCUT2D eigenvalue weighted by Crippen LogP contribution is 2.32. The molecule has 1 unspecified atom stereocenters. The van der Waals surface area contributed by atoms with Gasteiger partial charge in [0.05, 0.1) is 21.2 Å². The largest absolute Gasteiger partial charge is 0.377 e. The van der Waals surface area contributed by atoms with Gasteiger partial charge in [-0.3, -0.25) is 4.79 Å². The first-order valence-corrected chi connectivity index (χ1v) is 14.6. The first-order valence-electron chi connectivity index (χ1n) is 12.3. The van der Waals surface area contributed by atoms with E-state index in [1.807, 2.05) is 4.90 Å². The molecule has 0 N–H and O–H groups in total. The van der Waals surface area contributed by atoms with E-state index in [1.54, 1.807) is 30.5 Å². The van der Waals surface area contributed by atoms with E-state index in [-0.39, 0.29) is 16.9 Å². The molecule has 0 aliphatic carbocycles. The van der Waals surface area contributed by atoms with Crippen LogP contribution in [0.15, 0.2) is 41.3 Å². The first-order chi connectivity index (χ1) is 17.2. The Morgan fingerprint density at radius 1 is 1.11 bits per heavy atom. The summed E-state index contributed by atoms with van der Waals surface area (Å²) in [7, 11) is -2.06. The number of fused-ring (bicyclic) bond motifs is 1. The van der Waals surface area contributed by atoms with Crippen molar-refractivity contribution >= 4 is 42.6 Å². The van der Waals surface area contributed by atoms with Crippen LogP contribution in [0.5, 0.6) is 0 Å². The number of benzene rings is 2. The second kappa shape index (κ2) is 10.1. The van der Waals surface area contributed by atoms with Crippen LogP contribution in [-0.2, 0) is 14.8 Å². The van der Waals surface area contributed by atoms with Crippen molar-refractivity contribution in [1.82, 2.24) is 14.2 Å². The summed E-state index contributed by atoms with van der Waals surface area (Å²) >= 11 is 1.69. The minimum Gasteiger partial charge on any atom is -0.377 e. The first kappa shape index (κ1) is 25.1. The monoisotopic (exact) mass is 528 g/mol. The number of sulfonamides is 1. The Kier molecular flexibility index (Phi) is 7.04. The Morgan fingerprint density at radius 2 is 1.83 bits per heavy atom. The highest BCUT2D eigenvalue weighted by molar-refractivity contribution is 7.89. The maximum atomic E-state index is 13.1. The van der Waals surface area contributed by atoms with E-state index in [2.05, 4.69) is 30.9 Å². The summed E-state index contributed by atoms with van der Waals surface area (Å²) in [6.07, 6.45) is 1.78. The third-order valence-corrected chi connectivity index (χ3v) is 10.1. The number of hydrogen-bond acceptors (Lipinski definition) is 7. The standard InChI is InChI=1S/C26H32N4O4S2/c1-18-6-11-23-24(19(18)2)27-26(35-23)30-14-12-29(13-15-30)25(31)20-7-9-22(10-8-20)36(32,33)28(3)17-21-5-4-16-34-21/h6-11,21H,4-5,12-17H2,1-3H3. The molecule has 2 saturated heterocycles. The predicted octanol–water partition coefficient (Wildman–Crippen LogP) is 3.68. The van der Waals surface area contributed by atoms with Crippen molar-refractivity contribution in [2.24, 2.45) is 0 Å². The van der Waals surface area contributed by atoms with Gasteiger partial charge in [-0.1, -0.05) is 17.4 Å². The molecule has 10 heteroatoms. The lowest BCUT2D eigenvalue weighted by atomic mass is 10.1.